The van der Waals surface area contributed by atoms with E-state index in [4.69, 9.17) is 9.40 Å². The molecule has 3 aromatic heterocycles. The molecule has 0 unspecified atom stereocenters. The molecule has 5 rings (SSSR count). The minimum atomic E-state index is 0.0529. The molecule has 0 spiro atoms. The molecule has 1 aliphatic carbocycles. The van der Waals surface area contributed by atoms with Crippen molar-refractivity contribution in [3.63, 3.8) is 0 Å². The summed E-state index contributed by atoms with van der Waals surface area (Å²) in [6.45, 7) is 1.92. The Morgan fingerprint density at radius 2 is 2.07 bits per heavy atom. The summed E-state index contributed by atoms with van der Waals surface area (Å²) in [5.74, 6) is 1.94. The fourth-order valence-corrected chi connectivity index (χ4v) is 4.94. The number of nitrogens with one attached hydrogen (secondary N) is 1. The summed E-state index contributed by atoms with van der Waals surface area (Å²) in [6.07, 6.45) is 6.64. The number of carbonyl (C=O) groups excluding carboxylic acids is 1. The van der Waals surface area contributed by atoms with Gasteiger partial charge in [-0.3, -0.25) is 4.79 Å². The molecule has 1 aromatic carbocycles. The van der Waals surface area contributed by atoms with E-state index in [9.17, 15) is 4.79 Å². The van der Waals surface area contributed by atoms with Gasteiger partial charge in [-0.25, -0.2) is 4.98 Å². The first-order chi connectivity index (χ1) is 14.7. The predicted octanol–water partition coefficient (Wildman–Crippen LogP) is 5.96. The molecule has 0 bridgehead atoms. The van der Waals surface area contributed by atoms with Crippen molar-refractivity contribution in [3.05, 3.63) is 47.5 Å². The Hall–Kier alpha value is -2.93. The summed E-state index contributed by atoms with van der Waals surface area (Å²) in [5.41, 5.74) is 2.44. The van der Waals surface area contributed by atoms with E-state index < -0.39 is 0 Å². The van der Waals surface area contributed by atoms with Crippen LogP contribution in [0.2, 0.25) is 0 Å². The summed E-state index contributed by atoms with van der Waals surface area (Å²) in [4.78, 5) is 17.3. The van der Waals surface area contributed by atoms with Gasteiger partial charge in [-0.1, -0.05) is 37.5 Å². The van der Waals surface area contributed by atoms with Gasteiger partial charge < -0.3 is 9.73 Å². The normalized spacial score (nSPS) is 15.0. The minimum absolute atomic E-state index is 0.0529. The zero-order chi connectivity index (χ0) is 20.5. The molecule has 0 radical (unpaired) electrons. The summed E-state index contributed by atoms with van der Waals surface area (Å²) in [6, 6.07) is 11.8. The van der Waals surface area contributed by atoms with Crippen molar-refractivity contribution >= 4 is 34.0 Å². The highest BCUT2D eigenvalue weighted by Crippen LogP contribution is 2.31. The first-order valence-corrected chi connectivity index (χ1v) is 11.3. The number of aryl methyl sites for hydroxylation is 1. The molecule has 30 heavy (non-hydrogen) atoms. The highest BCUT2D eigenvalue weighted by molar-refractivity contribution is 7.12. The summed E-state index contributed by atoms with van der Waals surface area (Å²) in [5, 5.41) is 11.3. The predicted molar refractivity (Wildman–Crippen MR) is 119 cm³/mol. The number of furan rings is 1. The van der Waals surface area contributed by atoms with Gasteiger partial charge in [-0.15, -0.1) is 11.3 Å². The van der Waals surface area contributed by atoms with Crippen molar-refractivity contribution in [1.29, 1.82) is 0 Å². The van der Waals surface area contributed by atoms with Gasteiger partial charge in [0.25, 0.3) is 0 Å². The molecule has 3 heterocycles. The van der Waals surface area contributed by atoms with Gasteiger partial charge in [-0.2, -0.15) is 9.78 Å². The summed E-state index contributed by atoms with van der Waals surface area (Å²) < 4.78 is 7.65. The SMILES string of the molecule is Cc1cc(NC(=O)CC2CCCCC2)n(-c2nc(-c3cc4ccccc4o3)cs2)n1. The average Bonchev–Trinajstić information content (AvgIpc) is 3.46. The van der Waals surface area contributed by atoms with Gasteiger partial charge in [0.15, 0.2) is 5.76 Å². The van der Waals surface area contributed by atoms with E-state index in [0.717, 1.165) is 41.0 Å². The van der Waals surface area contributed by atoms with Crippen LogP contribution in [0.25, 0.3) is 27.6 Å². The molecule has 1 aliphatic rings. The molecule has 7 heteroatoms. The van der Waals surface area contributed by atoms with E-state index in [1.165, 1.54) is 30.6 Å². The van der Waals surface area contributed by atoms with Crippen LogP contribution in [0.5, 0.6) is 0 Å². The Morgan fingerprint density at radius 1 is 1.23 bits per heavy atom. The smallest absolute Gasteiger partial charge is 0.225 e. The molecule has 4 aromatic rings. The lowest BCUT2D eigenvalue weighted by molar-refractivity contribution is -0.117. The molecular formula is C23H24N4O2S. The third-order valence-corrected chi connectivity index (χ3v) is 6.47. The molecular weight excluding hydrogens is 396 g/mol. The fourth-order valence-electron chi connectivity index (χ4n) is 4.16. The third-order valence-electron chi connectivity index (χ3n) is 5.65. The number of nitrogens with zero attached hydrogens (tertiary/aromatic N) is 3. The molecule has 1 N–H and O–H groups in total. The van der Waals surface area contributed by atoms with E-state index in [1.807, 2.05) is 48.7 Å². The Kier molecular flexibility index (Phi) is 5.12. The van der Waals surface area contributed by atoms with E-state index >= 15 is 0 Å². The number of aromatic nitrogens is 3. The van der Waals surface area contributed by atoms with E-state index in [-0.39, 0.29) is 5.91 Å². The van der Waals surface area contributed by atoms with Crippen LogP contribution >= 0.6 is 11.3 Å². The lowest BCUT2D eigenvalue weighted by Crippen LogP contribution is -2.19. The Labute approximate surface area is 178 Å². The van der Waals surface area contributed by atoms with Gasteiger partial charge in [0.1, 0.15) is 17.1 Å². The van der Waals surface area contributed by atoms with E-state index in [1.54, 1.807) is 4.68 Å². The van der Waals surface area contributed by atoms with Crippen LogP contribution < -0.4 is 5.32 Å². The van der Waals surface area contributed by atoms with Gasteiger partial charge in [0, 0.05) is 23.3 Å². The lowest BCUT2D eigenvalue weighted by Gasteiger charge is -2.20. The summed E-state index contributed by atoms with van der Waals surface area (Å²) in [7, 11) is 0. The maximum Gasteiger partial charge on any atom is 0.225 e. The molecule has 0 atom stereocenters. The van der Waals surface area contributed by atoms with Crippen LogP contribution in [0.3, 0.4) is 0 Å². The highest BCUT2D eigenvalue weighted by atomic mass is 32.1. The lowest BCUT2D eigenvalue weighted by atomic mass is 9.87. The molecule has 154 valence electrons. The molecule has 0 aliphatic heterocycles. The first kappa shape index (κ1) is 19.1. The minimum Gasteiger partial charge on any atom is -0.454 e. The number of hydrogen-bond donors (Lipinski definition) is 1. The standard InChI is InChI=1S/C23H24N4O2S/c1-15-11-21(25-22(28)12-16-7-3-2-4-8-16)27(26-15)23-24-18(14-30-23)20-13-17-9-5-6-10-19(17)29-20/h5-6,9-11,13-14,16H,2-4,7-8,12H2,1H3,(H,25,28). The van der Waals surface area contributed by atoms with E-state index in [0.29, 0.717) is 23.3 Å². The average molecular weight is 421 g/mol. The van der Waals surface area contributed by atoms with Gasteiger partial charge in [0.05, 0.1) is 5.69 Å². The number of para-hydroxylation sites is 1. The zero-order valence-electron chi connectivity index (χ0n) is 16.9. The zero-order valence-corrected chi connectivity index (χ0v) is 17.7. The maximum absolute atomic E-state index is 12.6. The largest absolute Gasteiger partial charge is 0.454 e. The number of carbonyl (C=O) groups is 1. The Bertz CT molecular complexity index is 1150. The quantitative estimate of drug-likeness (QED) is 0.432. The van der Waals surface area contributed by atoms with Gasteiger partial charge in [0.2, 0.25) is 11.0 Å². The number of benzene rings is 1. The van der Waals surface area contributed by atoms with Crippen molar-refractivity contribution in [2.45, 2.75) is 45.4 Å². The number of rotatable bonds is 5. The maximum atomic E-state index is 12.6. The van der Waals surface area contributed by atoms with E-state index in [2.05, 4.69) is 10.4 Å². The molecule has 0 saturated heterocycles. The Morgan fingerprint density at radius 3 is 2.90 bits per heavy atom. The second-order valence-electron chi connectivity index (χ2n) is 8.00. The van der Waals surface area contributed by atoms with Crippen LogP contribution in [0.15, 0.2) is 46.2 Å². The number of hydrogen-bond acceptors (Lipinski definition) is 5. The van der Waals surface area contributed by atoms with Crippen LogP contribution in [0, 0.1) is 12.8 Å². The van der Waals surface area contributed by atoms with Crippen molar-refractivity contribution in [2.75, 3.05) is 5.32 Å². The second-order valence-corrected chi connectivity index (χ2v) is 8.84. The molecule has 1 saturated carbocycles. The number of amides is 1. The van der Waals surface area contributed by atoms with Crippen molar-refractivity contribution in [3.8, 4) is 16.6 Å². The second kappa shape index (κ2) is 8.07. The number of fused-ring (bicyclic) bond motifs is 1. The number of anilines is 1. The topological polar surface area (TPSA) is 73.0 Å². The fraction of sp³-hybridized carbons (Fsp3) is 0.348. The summed E-state index contributed by atoms with van der Waals surface area (Å²) >= 11 is 1.48. The van der Waals surface area contributed by atoms with Gasteiger partial charge in [-0.05, 0) is 37.8 Å². The van der Waals surface area contributed by atoms with Gasteiger partial charge >= 0.3 is 0 Å². The van der Waals surface area contributed by atoms with Crippen LogP contribution in [0.4, 0.5) is 5.82 Å². The Balaban J connectivity index is 1.36. The van der Waals surface area contributed by atoms with Crippen LogP contribution in [-0.4, -0.2) is 20.7 Å². The molecule has 1 amide bonds. The first-order valence-electron chi connectivity index (χ1n) is 10.5. The molecule has 1 fully saturated rings. The highest BCUT2D eigenvalue weighted by Gasteiger charge is 2.20. The monoisotopic (exact) mass is 420 g/mol. The third kappa shape index (κ3) is 3.89. The van der Waals surface area contributed by atoms with Crippen molar-refractivity contribution in [2.24, 2.45) is 5.92 Å². The molecule has 6 nitrogen and oxygen atoms in total. The van der Waals surface area contributed by atoms with Crippen molar-refractivity contribution < 1.29 is 9.21 Å². The van der Waals surface area contributed by atoms with Crippen molar-refractivity contribution in [1.82, 2.24) is 14.8 Å². The van der Waals surface area contributed by atoms with Crippen LogP contribution in [0.1, 0.15) is 44.2 Å². The van der Waals surface area contributed by atoms with Crippen LogP contribution in [-0.2, 0) is 4.79 Å². The number of thiazole rings is 1.